The summed E-state index contributed by atoms with van der Waals surface area (Å²) in [4.78, 5) is 26.6. The van der Waals surface area contributed by atoms with Crippen LogP contribution >= 0.6 is 0 Å². The van der Waals surface area contributed by atoms with Crippen molar-refractivity contribution in [1.82, 2.24) is 4.90 Å². The van der Waals surface area contributed by atoms with E-state index >= 15 is 0 Å². The summed E-state index contributed by atoms with van der Waals surface area (Å²) in [5.74, 6) is -0.713. The third-order valence-electron chi connectivity index (χ3n) is 7.46. The Labute approximate surface area is 193 Å². The Bertz CT molecular complexity index is 1120. The molecule has 6 heteroatoms. The number of carbonyl (C=O) groups is 2. The summed E-state index contributed by atoms with van der Waals surface area (Å²) in [5.41, 5.74) is 3.05. The maximum absolute atomic E-state index is 12.7. The molecule has 0 amide bonds. The van der Waals surface area contributed by atoms with Gasteiger partial charge in [-0.15, -0.1) is 0 Å². The average molecular weight is 448 g/mol. The first-order valence-corrected chi connectivity index (χ1v) is 11.4. The van der Waals surface area contributed by atoms with Crippen LogP contribution in [0.15, 0.2) is 60.3 Å². The molecule has 0 spiro atoms. The van der Waals surface area contributed by atoms with Crippen molar-refractivity contribution in [2.24, 2.45) is 5.41 Å². The van der Waals surface area contributed by atoms with E-state index in [9.17, 15) is 14.7 Å². The molecule has 2 aromatic carbocycles. The van der Waals surface area contributed by atoms with Gasteiger partial charge in [-0.3, -0.25) is 4.79 Å². The predicted octanol–water partition coefficient (Wildman–Crippen LogP) is 4.46. The third kappa shape index (κ3) is 3.62. The minimum atomic E-state index is -1.17. The fraction of sp³-hybridized carbons (Fsp3) is 0.407. The molecule has 1 aliphatic carbocycles. The van der Waals surface area contributed by atoms with Gasteiger partial charge in [-0.1, -0.05) is 50.2 Å². The fourth-order valence-corrected chi connectivity index (χ4v) is 6.05. The van der Waals surface area contributed by atoms with Crippen LogP contribution < -0.4 is 4.74 Å². The summed E-state index contributed by atoms with van der Waals surface area (Å²) in [7, 11) is 1.63. The second-order valence-electron chi connectivity index (χ2n) is 9.93. The molecule has 1 N–H and O–H groups in total. The van der Waals surface area contributed by atoms with Gasteiger partial charge in [0.05, 0.1) is 25.9 Å². The number of fused-ring (bicyclic) bond motifs is 6. The molecule has 2 aromatic rings. The molecule has 1 fully saturated rings. The van der Waals surface area contributed by atoms with Crippen LogP contribution in [0.4, 0.5) is 0 Å². The predicted molar refractivity (Wildman–Crippen MR) is 123 cm³/mol. The zero-order chi connectivity index (χ0) is 23.3. The number of aliphatic carboxylic acids is 1. The molecular weight excluding hydrogens is 418 g/mol. The van der Waals surface area contributed by atoms with Crippen molar-refractivity contribution < 1.29 is 24.2 Å². The van der Waals surface area contributed by atoms with Gasteiger partial charge in [0.1, 0.15) is 11.3 Å². The van der Waals surface area contributed by atoms with Crippen molar-refractivity contribution in [1.29, 1.82) is 0 Å². The van der Waals surface area contributed by atoms with Crippen LogP contribution in [-0.4, -0.2) is 41.0 Å². The highest BCUT2D eigenvalue weighted by Crippen LogP contribution is 2.58. The lowest BCUT2D eigenvalue weighted by atomic mass is 9.73. The minimum absolute atomic E-state index is 0.0200. The molecule has 0 bridgehead atoms. The van der Waals surface area contributed by atoms with E-state index in [1.54, 1.807) is 13.3 Å². The minimum Gasteiger partial charge on any atom is -0.497 e. The van der Waals surface area contributed by atoms with E-state index in [1.807, 2.05) is 30.3 Å². The lowest BCUT2D eigenvalue weighted by molar-refractivity contribution is -0.135. The summed E-state index contributed by atoms with van der Waals surface area (Å²) in [6.45, 7) is 4.95. The first-order chi connectivity index (χ1) is 15.8. The summed E-state index contributed by atoms with van der Waals surface area (Å²) < 4.78 is 12.0. The Balaban J connectivity index is 1.60. The normalized spacial score (nSPS) is 27.3. The molecule has 172 valence electrons. The molecule has 0 saturated heterocycles. The number of ether oxygens (including phenoxy) is 2. The van der Waals surface area contributed by atoms with Gasteiger partial charge in [0, 0.05) is 24.6 Å². The van der Waals surface area contributed by atoms with Gasteiger partial charge in [0.15, 0.2) is 5.78 Å². The van der Waals surface area contributed by atoms with Crippen LogP contribution in [-0.2, 0) is 20.9 Å². The highest BCUT2D eigenvalue weighted by atomic mass is 16.5. The number of methoxy groups -OCH3 is 1. The maximum Gasteiger partial charge on any atom is 0.340 e. The number of nitrogens with zero attached hydrogens (tertiary/aromatic N) is 1. The van der Waals surface area contributed by atoms with Crippen LogP contribution in [0, 0.1) is 5.41 Å². The molecular formula is C27H29NO5. The second kappa shape index (κ2) is 8.03. The van der Waals surface area contributed by atoms with Crippen LogP contribution in [0.25, 0.3) is 0 Å². The first kappa shape index (κ1) is 21.7. The van der Waals surface area contributed by atoms with Crippen LogP contribution in [0.3, 0.4) is 0 Å². The van der Waals surface area contributed by atoms with Gasteiger partial charge in [-0.25, -0.2) is 4.79 Å². The van der Waals surface area contributed by atoms with Gasteiger partial charge in [0.25, 0.3) is 0 Å². The van der Waals surface area contributed by atoms with Crippen molar-refractivity contribution in [3.63, 3.8) is 0 Å². The highest BCUT2D eigenvalue weighted by Gasteiger charge is 2.57. The van der Waals surface area contributed by atoms with E-state index in [2.05, 4.69) is 36.9 Å². The molecule has 0 radical (unpaired) electrons. The lowest BCUT2D eigenvalue weighted by Crippen LogP contribution is -2.50. The summed E-state index contributed by atoms with van der Waals surface area (Å²) in [5, 5.41) is 9.65. The van der Waals surface area contributed by atoms with Gasteiger partial charge >= 0.3 is 5.97 Å². The molecule has 4 atom stereocenters. The molecule has 4 unspecified atom stereocenters. The number of carboxylic acids is 1. The zero-order valence-corrected chi connectivity index (χ0v) is 19.2. The second-order valence-corrected chi connectivity index (χ2v) is 9.93. The fourth-order valence-electron chi connectivity index (χ4n) is 6.05. The van der Waals surface area contributed by atoms with E-state index in [-0.39, 0.29) is 47.3 Å². The largest absolute Gasteiger partial charge is 0.497 e. The number of benzene rings is 2. The molecule has 2 heterocycles. The number of rotatable bonds is 5. The van der Waals surface area contributed by atoms with Gasteiger partial charge < -0.3 is 19.5 Å². The Morgan fingerprint density at radius 3 is 2.61 bits per heavy atom. The standard InChI is InChI=1S/C27H29NO5/c1-27(2)13-23(33-15-16-7-5-4-6-8-16)24-18-10-9-17(32-3)11-19(18)21-12-22(29)20(26(30)31)14-28(21)25(24)27/h4-11,14,21,23-25H,12-13,15H2,1-3H3,(H,30,31). The van der Waals surface area contributed by atoms with E-state index in [0.29, 0.717) is 6.61 Å². The van der Waals surface area contributed by atoms with Crippen molar-refractivity contribution in [3.05, 3.63) is 77.0 Å². The van der Waals surface area contributed by atoms with Crippen molar-refractivity contribution in [3.8, 4) is 5.75 Å². The number of hydrogen-bond donors (Lipinski definition) is 1. The van der Waals surface area contributed by atoms with E-state index in [4.69, 9.17) is 9.47 Å². The third-order valence-corrected chi connectivity index (χ3v) is 7.46. The SMILES string of the molecule is COc1ccc2c(c1)C1CC(=O)C(C(=O)O)=CN1C1C2C(OCc2ccccc2)CC1(C)C. The summed E-state index contributed by atoms with van der Waals surface area (Å²) in [6.07, 6.45) is 2.54. The summed E-state index contributed by atoms with van der Waals surface area (Å²) in [6, 6.07) is 16.0. The summed E-state index contributed by atoms with van der Waals surface area (Å²) >= 11 is 0. The monoisotopic (exact) mass is 447 g/mol. The Hall–Kier alpha value is -3.12. The first-order valence-electron chi connectivity index (χ1n) is 11.4. The molecule has 0 aromatic heterocycles. The van der Waals surface area contributed by atoms with Gasteiger partial charge in [-0.2, -0.15) is 0 Å². The Morgan fingerprint density at radius 2 is 1.91 bits per heavy atom. The molecule has 33 heavy (non-hydrogen) atoms. The quantitative estimate of drug-likeness (QED) is 0.682. The van der Waals surface area contributed by atoms with Crippen molar-refractivity contribution in [2.75, 3.05) is 7.11 Å². The Kier molecular flexibility index (Phi) is 5.28. The maximum atomic E-state index is 12.7. The molecule has 1 saturated carbocycles. The number of carbonyl (C=O) groups excluding carboxylic acids is 1. The number of ketones is 1. The van der Waals surface area contributed by atoms with Crippen LogP contribution in [0.1, 0.15) is 55.3 Å². The van der Waals surface area contributed by atoms with Crippen molar-refractivity contribution in [2.45, 2.75) is 57.4 Å². The number of Topliss-reactive ketones (excluding diaryl/α,β-unsaturated/α-hetero) is 1. The average Bonchev–Trinajstić information content (AvgIpc) is 3.08. The Morgan fingerprint density at radius 1 is 1.15 bits per heavy atom. The number of carboxylic acid groups (broad SMARTS) is 1. The lowest BCUT2D eigenvalue weighted by Gasteiger charge is -2.50. The van der Waals surface area contributed by atoms with Crippen LogP contribution in [0.2, 0.25) is 0 Å². The molecule has 3 aliphatic rings. The van der Waals surface area contributed by atoms with E-state index in [0.717, 1.165) is 23.3 Å². The zero-order valence-electron chi connectivity index (χ0n) is 19.2. The van der Waals surface area contributed by atoms with Crippen LogP contribution in [0.5, 0.6) is 5.75 Å². The van der Waals surface area contributed by atoms with E-state index in [1.165, 1.54) is 5.56 Å². The number of hydrogen-bond acceptors (Lipinski definition) is 5. The highest BCUT2D eigenvalue weighted by molar-refractivity contribution is 6.17. The topological polar surface area (TPSA) is 76.1 Å². The van der Waals surface area contributed by atoms with Gasteiger partial charge in [0.2, 0.25) is 0 Å². The smallest absolute Gasteiger partial charge is 0.340 e. The molecule has 2 aliphatic heterocycles. The molecule has 6 nitrogen and oxygen atoms in total. The van der Waals surface area contributed by atoms with Crippen molar-refractivity contribution >= 4 is 11.8 Å². The van der Waals surface area contributed by atoms with E-state index < -0.39 is 5.97 Å². The molecule has 5 rings (SSSR count). The van der Waals surface area contributed by atoms with Gasteiger partial charge in [-0.05, 0) is 40.7 Å².